The first kappa shape index (κ1) is 40.9. The van der Waals surface area contributed by atoms with Crippen LogP contribution in [0.3, 0.4) is 0 Å². The zero-order valence-corrected chi connectivity index (χ0v) is 22.2. The van der Waals surface area contributed by atoms with Crippen molar-refractivity contribution in [2.45, 2.75) is 12.8 Å². The largest absolute Gasteiger partial charge is 0.561 e. The van der Waals surface area contributed by atoms with Crippen LogP contribution in [0.4, 0.5) is 0 Å². The van der Waals surface area contributed by atoms with E-state index in [-0.39, 0.29) is 5.57 Å². The van der Waals surface area contributed by atoms with Gasteiger partial charge in [0, 0.05) is 24.4 Å². The van der Waals surface area contributed by atoms with Crippen LogP contribution in [0.15, 0.2) is 100 Å². The molecule has 212 valence electrons. The maximum Gasteiger partial charge on any atom is 0.545 e. The molecule has 0 bridgehead atoms. The quantitative estimate of drug-likeness (QED) is 0.128. The summed E-state index contributed by atoms with van der Waals surface area (Å²) in [4.78, 5) is 42.9. The van der Waals surface area contributed by atoms with E-state index < -0.39 is 42.3 Å². The van der Waals surface area contributed by atoms with Gasteiger partial charge in [-0.2, -0.15) is 0 Å². The van der Waals surface area contributed by atoms with E-state index >= 15 is 0 Å². The highest BCUT2D eigenvalue weighted by molar-refractivity contribution is 5.91. The molecule has 0 amide bonds. The molecule has 38 heavy (non-hydrogen) atoms. The molecule has 0 aliphatic rings. The molecule has 0 fully saturated rings. The van der Waals surface area contributed by atoms with Gasteiger partial charge in [0.15, 0.2) is 0 Å². The molecule has 0 aliphatic carbocycles. The van der Waals surface area contributed by atoms with Gasteiger partial charge in [-0.15, -0.1) is 19.7 Å². The zero-order valence-electron chi connectivity index (χ0n) is 22.2. The number of quaternary nitrogens is 1. The second-order valence-electron chi connectivity index (χ2n) is 7.28. The topological polar surface area (TPSA) is 162 Å². The zero-order chi connectivity index (χ0) is 30.5. The monoisotopic (exact) mass is 535 g/mol. The molecular weight excluding hydrogens is 492 g/mol. The summed E-state index contributed by atoms with van der Waals surface area (Å²) in [6.45, 7) is 33.7. The smallest absolute Gasteiger partial charge is 0.545 e. The molecule has 10 nitrogen and oxygen atoms in total. The number of nitrogens with zero attached hydrogens (tertiary/aromatic N) is 1. The third kappa shape index (κ3) is 33.9. The maximum atomic E-state index is 9.98. The van der Waals surface area contributed by atoms with Crippen molar-refractivity contribution in [2.75, 3.05) is 39.3 Å². The Balaban J connectivity index is -0.000000203. The van der Waals surface area contributed by atoms with Gasteiger partial charge in [0.1, 0.15) is 5.57 Å². The average Bonchev–Trinajstić information content (AvgIpc) is 2.80. The Morgan fingerprint density at radius 2 is 1.00 bits per heavy atom. The molecule has 0 saturated heterocycles. The Labute approximate surface area is 225 Å². The average molecular weight is 536 g/mol. The van der Waals surface area contributed by atoms with Gasteiger partial charge in [0.05, 0.1) is 38.4 Å². The van der Waals surface area contributed by atoms with Crippen LogP contribution < -0.4 is 10.0 Å². The molecule has 0 aliphatic heterocycles. The lowest BCUT2D eigenvalue weighted by atomic mass is 10.2. The highest BCUT2D eigenvalue weighted by atomic mass is 16.4. The second kappa shape index (κ2) is 29.0. The lowest BCUT2D eigenvalue weighted by Crippen LogP contribution is -3.11. The SMILES string of the molecule is C=C(CC(=O)O)C(=O)[O-].C=C(CC(=O)O)C(=O)[OH2+].C=CCN(CC=C)CC=C.C=CC[NH+](CC=C)CC=C. The van der Waals surface area contributed by atoms with Crippen LogP contribution in [0.5, 0.6) is 0 Å². The minimum atomic E-state index is -1.52. The molecule has 0 saturated carbocycles. The molecule has 0 spiro atoms. The Kier molecular flexibility index (Phi) is 31.1. The highest BCUT2D eigenvalue weighted by Crippen LogP contribution is 1.96. The van der Waals surface area contributed by atoms with Crippen LogP contribution >= 0.6 is 0 Å². The molecule has 0 atom stereocenters. The van der Waals surface area contributed by atoms with Crippen molar-refractivity contribution in [1.29, 1.82) is 0 Å². The van der Waals surface area contributed by atoms with Crippen molar-refractivity contribution in [1.82, 2.24) is 4.90 Å². The molecular formula is C28H43N2O8+. The fourth-order valence-electron chi connectivity index (χ4n) is 2.15. The summed E-state index contributed by atoms with van der Waals surface area (Å²) in [5, 5.41) is 32.2. The fraction of sp³-hybridized carbons (Fsp3) is 0.286. The first-order valence-electron chi connectivity index (χ1n) is 11.2. The van der Waals surface area contributed by atoms with Crippen molar-refractivity contribution in [3.05, 3.63) is 100 Å². The number of hydrogen-bond donors (Lipinski definition) is 3. The van der Waals surface area contributed by atoms with Gasteiger partial charge in [0.25, 0.3) is 0 Å². The number of carbonyl (C=O) groups is 4. The van der Waals surface area contributed by atoms with E-state index in [4.69, 9.17) is 15.3 Å². The van der Waals surface area contributed by atoms with Crippen LogP contribution in [0.2, 0.25) is 0 Å². The number of nitrogens with one attached hydrogen (secondary N) is 1. The molecule has 0 heterocycles. The van der Waals surface area contributed by atoms with Crippen molar-refractivity contribution >= 4 is 23.9 Å². The van der Waals surface area contributed by atoms with Crippen LogP contribution in [0.1, 0.15) is 12.8 Å². The third-order valence-corrected chi connectivity index (χ3v) is 3.80. The van der Waals surface area contributed by atoms with E-state index in [0.717, 1.165) is 39.3 Å². The minimum absolute atomic E-state index is 0.192. The van der Waals surface area contributed by atoms with Gasteiger partial charge in [-0.1, -0.05) is 51.1 Å². The maximum absolute atomic E-state index is 9.98. The molecule has 0 aromatic carbocycles. The first-order valence-corrected chi connectivity index (χ1v) is 11.2. The lowest BCUT2D eigenvalue weighted by Gasteiger charge is -2.15. The van der Waals surface area contributed by atoms with E-state index in [0.29, 0.717) is 0 Å². The van der Waals surface area contributed by atoms with Crippen molar-refractivity contribution < 1.29 is 44.5 Å². The van der Waals surface area contributed by atoms with Crippen LogP contribution in [-0.4, -0.2) is 83.4 Å². The Hall–Kier alpha value is -4.28. The predicted molar refractivity (Wildman–Crippen MR) is 150 cm³/mol. The normalized spacial score (nSPS) is 8.89. The summed E-state index contributed by atoms with van der Waals surface area (Å²) < 4.78 is 0. The standard InChI is InChI=1S/2C9H15N.2C5H6O4/c2*1-4-7-10(8-5-2)9-6-3;2*1-3(5(8)9)2-4(6)7/h2*4-6H,1-3,7-9H2;2*1-2H2,(H,6,7)(H,8,9)/p+1. The molecule has 10 heteroatoms. The minimum Gasteiger partial charge on any atom is -0.561 e. The fourth-order valence-corrected chi connectivity index (χ4v) is 2.15. The Morgan fingerprint density at radius 3 is 1.16 bits per heavy atom. The molecule has 0 aromatic rings. The Bertz CT molecular complexity index is 715. The number of rotatable bonds is 18. The van der Waals surface area contributed by atoms with Gasteiger partial charge in [-0.05, 0) is 23.8 Å². The van der Waals surface area contributed by atoms with Crippen molar-refractivity contribution in [3.63, 3.8) is 0 Å². The van der Waals surface area contributed by atoms with Gasteiger partial charge < -0.3 is 30.1 Å². The molecule has 5 N–H and O–H groups in total. The molecule has 0 unspecified atom stereocenters. The van der Waals surface area contributed by atoms with Gasteiger partial charge >= 0.3 is 17.9 Å². The summed E-state index contributed by atoms with van der Waals surface area (Å²) in [5.74, 6) is -4.89. The second-order valence-corrected chi connectivity index (χ2v) is 7.28. The number of hydrogen-bond acceptors (Lipinski definition) is 6. The summed E-state index contributed by atoms with van der Waals surface area (Å²) in [5.41, 5.74) is -0.606. The third-order valence-electron chi connectivity index (χ3n) is 3.80. The summed E-state index contributed by atoms with van der Waals surface area (Å²) in [7, 11) is 0. The lowest BCUT2D eigenvalue weighted by molar-refractivity contribution is -0.881. The van der Waals surface area contributed by atoms with Crippen molar-refractivity contribution in [2.24, 2.45) is 0 Å². The molecule has 0 aromatic heterocycles. The highest BCUT2D eigenvalue weighted by Gasteiger charge is 2.15. The molecule has 0 radical (unpaired) electrons. The van der Waals surface area contributed by atoms with Crippen LogP contribution in [-0.2, 0) is 19.2 Å². The van der Waals surface area contributed by atoms with Crippen LogP contribution in [0.25, 0.3) is 0 Å². The van der Waals surface area contributed by atoms with Gasteiger partial charge in [-0.25, -0.2) is 0 Å². The van der Waals surface area contributed by atoms with Crippen LogP contribution in [0, 0.1) is 0 Å². The van der Waals surface area contributed by atoms with E-state index in [1.54, 1.807) is 0 Å². The van der Waals surface area contributed by atoms with E-state index in [1.165, 1.54) is 4.90 Å². The first-order chi connectivity index (χ1) is 17.8. The number of aliphatic carboxylic acids is 3. The number of carboxylic acids is 3. The van der Waals surface area contributed by atoms with E-state index in [1.807, 2.05) is 36.5 Å². The van der Waals surface area contributed by atoms with Gasteiger partial charge in [-0.3, -0.25) is 14.5 Å². The summed E-state index contributed by atoms with van der Waals surface area (Å²) in [6.07, 6.45) is 10.4. The number of carboxylic acid groups (broad SMARTS) is 3. The Morgan fingerprint density at radius 1 is 0.684 bits per heavy atom. The van der Waals surface area contributed by atoms with E-state index in [2.05, 4.69) is 57.5 Å². The summed E-state index contributed by atoms with van der Waals surface area (Å²) in [6, 6.07) is 0. The summed E-state index contributed by atoms with van der Waals surface area (Å²) >= 11 is 0. The van der Waals surface area contributed by atoms with E-state index in [9.17, 15) is 24.3 Å². The van der Waals surface area contributed by atoms with Gasteiger partial charge in [0.2, 0.25) is 0 Å². The molecule has 0 rings (SSSR count). The van der Waals surface area contributed by atoms with Crippen molar-refractivity contribution in [3.8, 4) is 0 Å². The predicted octanol–water partition coefficient (Wildman–Crippen LogP) is 0.311. The number of carbonyl (C=O) groups excluding carboxylic acids is 2.